The van der Waals surface area contributed by atoms with E-state index >= 15 is 0 Å². The van der Waals surface area contributed by atoms with Crippen LogP contribution in [0.2, 0.25) is 0 Å². The number of rotatable bonds is 4. The lowest BCUT2D eigenvalue weighted by Crippen LogP contribution is -2.36. The zero-order valence-electron chi connectivity index (χ0n) is 12.3. The van der Waals surface area contributed by atoms with Crippen LogP contribution in [0.25, 0.3) is 0 Å². The van der Waals surface area contributed by atoms with Gasteiger partial charge in [-0.25, -0.2) is 0 Å². The Morgan fingerprint density at radius 2 is 1.95 bits per heavy atom. The lowest BCUT2D eigenvalue weighted by molar-refractivity contribution is -0.132. The normalized spacial score (nSPS) is 16.7. The Morgan fingerprint density at radius 1 is 1.25 bits per heavy atom. The number of amides is 1. The standard InChI is InChI=1S/C17H24BrNO/c1-19(16-9-4-2-3-5-10-16)17(20)12-11-14-7-6-8-15(18)13-14/h6-8,13,16H,2-5,9-12H2,1H3. The quantitative estimate of drug-likeness (QED) is 0.737. The summed E-state index contributed by atoms with van der Waals surface area (Å²) in [6, 6.07) is 8.69. The third kappa shape index (κ3) is 4.62. The summed E-state index contributed by atoms with van der Waals surface area (Å²) in [4.78, 5) is 14.3. The fourth-order valence-corrected chi connectivity index (χ4v) is 3.42. The number of aryl methyl sites for hydroxylation is 1. The Hall–Kier alpha value is -0.830. The molecule has 0 saturated heterocycles. The number of halogens is 1. The fourth-order valence-electron chi connectivity index (χ4n) is 2.97. The first kappa shape index (κ1) is 15.6. The molecule has 1 aromatic carbocycles. The van der Waals surface area contributed by atoms with E-state index in [2.05, 4.69) is 28.1 Å². The Kier molecular flexibility index (Phi) is 6.08. The molecule has 1 fully saturated rings. The molecule has 3 heteroatoms. The van der Waals surface area contributed by atoms with Gasteiger partial charge in [0, 0.05) is 24.0 Å². The van der Waals surface area contributed by atoms with E-state index in [4.69, 9.17) is 0 Å². The molecule has 0 atom stereocenters. The van der Waals surface area contributed by atoms with E-state index in [-0.39, 0.29) is 5.91 Å². The predicted octanol–water partition coefficient (Wildman–Crippen LogP) is 4.56. The van der Waals surface area contributed by atoms with E-state index in [9.17, 15) is 4.79 Å². The van der Waals surface area contributed by atoms with Gasteiger partial charge in [0.25, 0.3) is 0 Å². The van der Waals surface area contributed by atoms with E-state index in [1.165, 1.54) is 44.1 Å². The van der Waals surface area contributed by atoms with E-state index in [0.29, 0.717) is 12.5 Å². The van der Waals surface area contributed by atoms with Crippen molar-refractivity contribution in [1.82, 2.24) is 4.90 Å². The molecule has 1 aliphatic carbocycles. The van der Waals surface area contributed by atoms with Crippen molar-refractivity contribution in [2.24, 2.45) is 0 Å². The maximum Gasteiger partial charge on any atom is 0.222 e. The summed E-state index contributed by atoms with van der Waals surface area (Å²) in [6.45, 7) is 0. The zero-order chi connectivity index (χ0) is 14.4. The summed E-state index contributed by atoms with van der Waals surface area (Å²) in [5.41, 5.74) is 1.22. The van der Waals surface area contributed by atoms with Crippen molar-refractivity contribution in [3.8, 4) is 0 Å². The van der Waals surface area contributed by atoms with Gasteiger partial charge < -0.3 is 4.90 Å². The molecule has 1 aliphatic rings. The van der Waals surface area contributed by atoms with Crippen LogP contribution in [-0.2, 0) is 11.2 Å². The second kappa shape index (κ2) is 7.82. The van der Waals surface area contributed by atoms with Crippen molar-refractivity contribution in [2.75, 3.05) is 7.05 Å². The van der Waals surface area contributed by atoms with Crippen LogP contribution >= 0.6 is 15.9 Å². The molecule has 0 aliphatic heterocycles. The first-order chi connectivity index (χ1) is 9.66. The van der Waals surface area contributed by atoms with Gasteiger partial charge >= 0.3 is 0 Å². The number of carbonyl (C=O) groups excluding carboxylic acids is 1. The largest absolute Gasteiger partial charge is 0.343 e. The van der Waals surface area contributed by atoms with Crippen molar-refractivity contribution in [3.63, 3.8) is 0 Å². The molecule has 0 bridgehead atoms. The molecule has 0 spiro atoms. The van der Waals surface area contributed by atoms with Crippen molar-refractivity contribution >= 4 is 21.8 Å². The number of hydrogen-bond acceptors (Lipinski definition) is 1. The summed E-state index contributed by atoms with van der Waals surface area (Å²) in [5.74, 6) is 0.289. The highest BCUT2D eigenvalue weighted by atomic mass is 79.9. The summed E-state index contributed by atoms with van der Waals surface area (Å²) in [7, 11) is 1.99. The average Bonchev–Trinajstić information content (AvgIpc) is 2.73. The Morgan fingerprint density at radius 3 is 2.60 bits per heavy atom. The van der Waals surface area contributed by atoms with Crippen LogP contribution in [0.15, 0.2) is 28.7 Å². The number of hydrogen-bond donors (Lipinski definition) is 0. The van der Waals surface area contributed by atoms with Gasteiger partial charge in [0.2, 0.25) is 5.91 Å². The van der Waals surface area contributed by atoms with Crippen LogP contribution in [0, 0.1) is 0 Å². The van der Waals surface area contributed by atoms with Crippen LogP contribution in [0.3, 0.4) is 0 Å². The van der Waals surface area contributed by atoms with Gasteiger partial charge in [0.1, 0.15) is 0 Å². The highest BCUT2D eigenvalue weighted by molar-refractivity contribution is 9.10. The van der Waals surface area contributed by atoms with Gasteiger partial charge in [-0.2, -0.15) is 0 Å². The molecule has 1 aromatic rings. The molecule has 0 aromatic heterocycles. The minimum atomic E-state index is 0.289. The molecule has 0 radical (unpaired) electrons. The van der Waals surface area contributed by atoms with Gasteiger partial charge in [-0.3, -0.25) is 4.79 Å². The minimum Gasteiger partial charge on any atom is -0.343 e. The van der Waals surface area contributed by atoms with Gasteiger partial charge in [0.15, 0.2) is 0 Å². The molecule has 2 rings (SSSR count). The summed E-state index contributed by atoms with van der Waals surface area (Å²) < 4.78 is 1.08. The molecular formula is C17H24BrNO. The van der Waals surface area contributed by atoms with E-state index < -0.39 is 0 Å². The van der Waals surface area contributed by atoms with E-state index in [1.54, 1.807) is 0 Å². The maximum atomic E-state index is 12.3. The molecule has 20 heavy (non-hydrogen) atoms. The topological polar surface area (TPSA) is 20.3 Å². The maximum absolute atomic E-state index is 12.3. The average molecular weight is 338 g/mol. The van der Waals surface area contributed by atoms with Gasteiger partial charge in [-0.15, -0.1) is 0 Å². The minimum absolute atomic E-state index is 0.289. The van der Waals surface area contributed by atoms with Crippen molar-refractivity contribution in [1.29, 1.82) is 0 Å². The fraction of sp³-hybridized carbons (Fsp3) is 0.588. The second-order valence-electron chi connectivity index (χ2n) is 5.78. The van der Waals surface area contributed by atoms with Crippen molar-refractivity contribution in [2.45, 2.75) is 57.4 Å². The molecule has 1 saturated carbocycles. The summed E-state index contributed by atoms with van der Waals surface area (Å²) >= 11 is 3.47. The third-order valence-corrected chi connectivity index (χ3v) is 4.78. The SMILES string of the molecule is CN(C(=O)CCc1cccc(Br)c1)C1CCCCCC1. The molecule has 2 nitrogen and oxygen atoms in total. The highest BCUT2D eigenvalue weighted by Crippen LogP contribution is 2.22. The number of nitrogens with zero attached hydrogens (tertiary/aromatic N) is 1. The van der Waals surface area contributed by atoms with Crippen molar-refractivity contribution in [3.05, 3.63) is 34.3 Å². The first-order valence-electron chi connectivity index (χ1n) is 7.67. The zero-order valence-corrected chi connectivity index (χ0v) is 13.9. The second-order valence-corrected chi connectivity index (χ2v) is 6.70. The van der Waals surface area contributed by atoms with Gasteiger partial charge in [0.05, 0.1) is 0 Å². The van der Waals surface area contributed by atoms with Crippen molar-refractivity contribution < 1.29 is 4.79 Å². The highest BCUT2D eigenvalue weighted by Gasteiger charge is 2.20. The first-order valence-corrected chi connectivity index (χ1v) is 8.46. The van der Waals surface area contributed by atoms with Gasteiger partial charge in [-0.05, 0) is 37.0 Å². The molecule has 0 heterocycles. The smallest absolute Gasteiger partial charge is 0.222 e. The third-order valence-electron chi connectivity index (χ3n) is 4.28. The molecule has 110 valence electrons. The van der Waals surface area contributed by atoms with Crippen LogP contribution in [0.1, 0.15) is 50.5 Å². The molecular weight excluding hydrogens is 314 g/mol. The lowest BCUT2D eigenvalue weighted by atomic mass is 10.1. The van der Waals surface area contributed by atoms with Crippen LogP contribution < -0.4 is 0 Å². The number of carbonyl (C=O) groups is 1. The summed E-state index contributed by atoms with van der Waals surface area (Å²) in [5, 5.41) is 0. The molecule has 0 unspecified atom stereocenters. The van der Waals surface area contributed by atoms with E-state index in [1.807, 2.05) is 24.1 Å². The summed E-state index contributed by atoms with van der Waals surface area (Å²) in [6.07, 6.45) is 9.01. The van der Waals surface area contributed by atoms with Crippen LogP contribution in [-0.4, -0.2) is 23.9 Å². The van der Waals surface area contributed by atoms with Crippen LogP contribution in [0.4, 0.5) is 0 Å². The predicted molar refractivity (Wildman–Crippen MR) is 86.7 cm³/mol. The molecule has 1 amide bonds. The van der Waals surface area contributed by atoms with Gasteiger partial charge in [-0.1, -0.05) is 53.7 Å². The Bertz CT molecular complexity index is 438. The van der Waals surface area contributed by atoms with Crippen LogP contribution in [0.5, 0.6) is 0 Å². The lowest BCUT2D eigenvalue weighted by Gasteiger charge is -2.27. The Labute approximate surface area is 130 Å². The monoisotopic (exact) mass is 337 g/mol. The Balaban J connectivity index is 1.84. The van der Waals surface area contributed by atoms with E-state index in [0.717, 1.165) is 10.9 Å². The molecule has 0 N–H and O–H groups in total. The number of benzene rings is 1.